The van der Waals surface area contributed by atoms with Gasteiger partial charge in [0.05, 0.1) is 0 Å². The highest BCUT2D eigenvalue weighted by atomic mass is 16.2. The Kier molecular flexibility index (Phi) is 3.09. The summed E-state index contributed by atoms with van der Waals surface area (Å²) >= 11 is 0. The van der Waals surface area contributed by atoms with Crippen LogP contribution in [0, 0.1) is 25.7 Å². The molecule has 3 rings (SSSR count). The summed E-state index contributed by atoms with van der Waals surface area (Å²) in [6.07, 6.45) is 2.31. The molecule has 0 bridgehead atoms. The molecule has 102 valence electrons. The lowest BCUT2D eigenvalue weighted by Gasteiger charge is -2.20. The molecule has 1 aromatic rings. The molecule has 2 fully saturated rings. The van der Waals surface area contributed by atoms with Gasteiger partial charge >= 0.3 is 0 Å². The molecule has 0 unspecified atom stereocenters. The van der Waals surface area contributed by atoms with E-state index in [0.29, 0.717) is 17.9 Å². The van der Waals surface area contributed by atoms with Crippen LogP contribution in [0.4, 0.5) is 0 Å². The molecule has 1 aliphatic heterocycles. The van der Waals surface area contributed by atoms with Crippen molar-refractivity contribution in [3.63, 3.8) is 0 Å². The van der Waals surface area contributed by atoms with Crippen LogP contribution in [-0.4, -0.2) is 29.9 Å². The first-order chi connectivity index (χ1) is 9.08. The van der Waals surface area contributed by atoms with Crippen LogP contribution in [0.3, 0.4) is 0 Å². The summed E-state index contributed by atoms with van der Waals surface area (Å²) in [7, 11) is 0. The minimum absolute atomic E-state index is 0.183. The molecular formula is C16H22N2O. The second-order valence-corrected chi connectivity index (χ2v) is 6.12. The van der Waals surface area contributed by atoms with Gasteiger partial charge in [-0.15, -0.1) is 0 Å². The van der Waals surface area contributed by atoms with E-state index in [1.807, 2.05) is 24.0 Å². The third-order valence-electron chi connectivity index (χ3n) is 5.03. The molecule has 3 nitrogen and oxygen atoms in total. The van der Waals surface area contributed by atoms with Crippen molar-refractivity contribution in [2.45, 2.75) is 32.7 Å². The van der Waals surface area contributed by atoms with Crippen molar-refractivity contribution >= 4 is 5.91 Å². The molecule has 3 atom stereocenters. The standard InChI is InChI=1S/C16H22N2O/c1-10-4-3-5-13(11(10)2)16(19)18-8-12-6-7-15(17)14(12)9-18/h3-5,12,14-15H,6-9,17H2,1-2H3/t12-,14-,15+/m0/s1. The SMILES string of the molecule is Cc1cccc(C(=O)N2C[C@@H]3CC[C@@H](N)[C@H]3C2)c1C. The maximum atomic E-state index is 12.6. The van der Waals surface area contributed by atoms with Crippen LogP contribution < -0.4 is 5.73 Å². The van der Waals surface area contributed by atoms with E-state index in [9.17, 15) is 4.79 Å². The minimum atomic E-state index is 0.183. The van der Waals surface area contributed by atoms with Crippen LogP contribution in [-0.2, 0) is 0 Å². The van der Waals surface area contributed by atoms with Crippen LogP contribution in [0.2, 0.25) is 0 Å². The summed E-state index contributed by atoms with van der Waals surface area (Å²) in [5.74, 6) is 1.33. The number of nitrogens with two attached hydrogens (primary N) is 1. The number of aryl methyl sites for hydroxylation is 1. The molecular weight excluding hydrogens is 236 g/mol. The summed E-state index contributed by atoms with van der Waals surface area (Å²) < 4.78 is 0. The molecule has 1 aromatic carbocycles. The molecule has 2 aliphatic rings. The van der Waals surface area contributed by atoms with E-state index < -0.39 is 0 Å². The Morgan fingerprint density at radius 1 is 1.26 bits per heavy atom. The Hall–Kier alpha value is -1.35. The first-order valence-corrected chi connectivity index (χ1v) is 7.19. The Labute approximate surface area is 114 Å². The van der Waals surface area contributed by atoms with Crippen LogP contribution in [0.5, 0.6) is 0 Å². The number of benzene rings is 1. The largest absolute Gasteiger partial charge is 0.338 e. The van der Waals surface area contributed by atoms with Gasteiger partial charge in [-0.2, -0.15) is 0 Å². The van der Waals surface area contributed by atoms with E-state index in [4.69, 9.17) is 5.73 Å². The van der Waals surface area contributed by atoms with Crippen molar-refractivity contribution in [2.75, 3.05) is 13.1 Å². The van der Waals surface area contributed by atoms with E-state index >= 15 is 0 Å². The molecule has 0 radical (unpaired) electrons. The molecule has 19 heavy (non-hydrogen) atoms. The fourth-order valence-corrected chi connectivity index (χ4v) is 3.63. The van der Waals surface area contributed by atoms with E-state index in [2.05, 4.69) is 13.0 Å². The first kappa shape index (κ1) is 12.7. The van der Waals surface area contributed by atoms with Crippen molar-refractivity contribution in [3.05, 3.63) is 34.9 Å². The number of hydrogen-bond acceptors (Lipinski definition) is 2. The Morgan fingerprint density at radius 2 is 2.05 bits per heavy atom. The van der Waals surface area contributed by atoms with Crippen LogP contribution >= 0.6 is 0 Å². The number of carbonyl (C=O) groups excluding carboxylic acids is 1. The fraction of sp³-hybridized carbons (Fsp3) is 0.562. The van der Waals surface area contributed by atoms with Crippen molar-refractivity contribution < 1.29 is 4.79 Å². The number of rotatable bonds is 1. The zero-order valence-electron chi connectivity index (χ0n) is 11.7. The minimum Gasteiger partial charge on any atom is -0.338 e. The maximum Gasteiger partial charge on any atom is 0.254 e. The molecule has 1 saturated heterocycles. The number of carbonyl (C=O) groups is 1. The highest BCUT2D eigenvalue weighted by Gasteiger charge is 2.42. The summed E-state index contributed by atoms with van der Waals surface area (Å²) in [5.41, 5.74) is 9.28. The zero-order chi connectivity index (χ0) is 13.6. The lowest BCUT2D eigenvalue weighted by molar-refractivity contribution is 0.0779. The first-order valence-electron chi connectivity index (χ1n) is 7.19. The van der Waals surface area contributed by atoms with Gasteiger partial charge in [0.25, 0.3) is 5.91 Å². The van der Waals surface area contributed by atoms with Gasteiger partial charge in [0.15, 0.2) is 0 Å². The number of likely N-dealkylation sites (tertiary alicyclic amines) is 1. The summed E-state index contributed by atoms with van der Waals surface area (Å²) in [6, 6.07) is 6.26. The van der Waals surface area contributed by atoms with Gasteiger partial charge in [0.1, 0.15) is 0 Å². The predicted molar refractivity (Wildman–Crippen MR) is 76.0 cm³/mol. The van der Waals surface area contributed by atoms with Crippen molar-refractivity contribution in [1.82, 2.24) is 4.90 Å². The number of fused-ring (bicyclic) bond motifs is 1. The van der Waals surface area contributed by atoms with Crippen molar-refractivity contribution in [1.29, 1.82) is 0 Å². The van der Waals surface area contributed by atoms with Crippen molar-refractivity contribution in [2.24, 2.45) is 17.6 Å². The second kappa shape index (κ2) is 4.64. The molecule has 1 saturated carbocycles. The van der Waals surface area contributed by atoms with Crippen LogP contribution in [0.15, 0.2) is 18.2 Å². The Balaban J connectivity index is 1.81. The molecule has 2 N–H and O–H groups in total. The summed E-state index contributed by atoms with van der Waals surface area (Å²) in [6.45, 7) is 5.83. The van der Waals surface area contributed by atoms with Gasteiger partial charge in [-0.1, -0.05) is 12.1 Å². The Bertz CT molecular complexity index is 511. The van der Waals surface area contributed by atoms with Gasteiger partial charge in [-0.05, 0) is 55.7 Å². The predicted octanol–water partition coefficient (Wildman–Crippen LogP) is 2.11. The van der Waals surface area contributed by atoms with Gasteiger partial charge in [-0.25, -0.2) is 0 Å². The third-order valence-corrected chi connectivity index (χ3v) is 5.03. The molecule has 0 aromatic heterocycles. The van der Waals surface area contributed by atoms with E-state index in [-0.39, 0.29) is 5.91 Å². The normalized spacial score (nSPS) is 29.6. The van der Waals surface area contributed by atoms with Gasteiger partial charge < -0.3 is 10.6 Å². The molecule has 0 spiro atoms. The van der Waals surface area contributed by atoms with Crippen LogP contribution in [0.1, 0.15) is 34.3 Å². The lowest BCUT2D eigenvalue weighted by atomic mass is 9.98. The summed E-state index contributed by atoms with van der Waals surface area (Å²) in [4.78, 5) is 14.7. The van der Waals surface area contributed by atoms with E-state index in [1.165, 1.54) is 12.0 Å². The molecule has 1 amide bonds. The average Bonchev–Trinajstić information content (AvgIpc) is 2.95. The van der Waals surface area contributed by atoms with E-state index in [1.54, 1.807) is 0 Å². The summed E-state index contributed by atoms with van der Waals surface area (Å²) in [5, 5.41) is 0. The van der Waals surface area contributed by atoms with Gasteiger partial charge in [0, 0.05) is 24.7 Å². The van der Waals surface area contributed by atoms with E-state index in [0.717, 1.165) is 30.6 Å². The molecule has 1 aliphatic carbocycles. The highest BCUT2D eigenvalue weighted by molar-refractivity contribution is 5.96. The van der Waals surface area contributed by atoms with Gasteiger partial charge in [-0.3, -0.25) is 4.79 Å². The lowest BCUT2D eigenvalue weighted by Crippen LogP contribution is -2.33. The maximum absolute atomic E-state index is 12.6. The third kappa shape index (κ3) is 2.06. The number of amides is 1. The molecule has 3 heteroatoms. The smallest absolute Gasteiger partial charge is 0.254 e. The topological polar surface area (TPSA) is 46.3 Å². The van der Waals surface area contributed by atoms with Gasteiger partial charge in [0.2, 0.25) is 0 Å². The second-order valence-electron chi connectivity index (χ2n) is 6.12. The highest BCUT2D eigenvalue weighted by Crippen LogP contribution is 2.37. The fourth-order valence-electron chi connectivity index (χ4n) is 3.63. The average molecular weight is 258 g/mol. The van der Waals surface area contributed by atoms with Crippen LogP contribution in [0.25, 0.3) is 0 Å². The zero-order valence-corrected chi connectivity index (χ0v) is 11.7. The molecule has 1 heterocycles. The Morgan fingerprint density at radius 3 is 2.79 bits per heavy atom. The quantitative estimate of drug-likeness (QED) is 0.838. The monoisotopic (exact) mass is 258 g/mol. The number of hydrogen-bond donors (Lipinski definition) is 1. The van der Waals surface area contributed by atoms with Crippen molar-refractivity contribution in [3.8, 4) is 0 Å². The number of nitrogens with zero attached hydrogens (tertiary/aromatic N) is 1.